The first-order valence-electron chi connectivity index (χ1n) is 10.1. The van der Waals surface area contributed by atoms with Gasteiger partial charge in [0.1, 0.15) is 6.04 Å². The van der Waals surface area contributed by atoms with E-state index in [0.717, 1.165) is 10.5 Å². The molecule has 2 saturated heterocycles. The molecule has 4 rings (SSSR count). The normalized spacial score (nSPS) is 24.0. The maximum atomic E-state index is 12.9. The van der Waals surface area contributed by atoms with Gasteiger partial charge < -0.3 is 10.8 Å². The summed E-state index contributed by atoms with van der Waals surface area (Å²) in [5, 5.41) is 12.9. The summed E-state index contributed by atoms with van der Waals surface area (Å²) < 4.78 is 0. The van der Waals surface area contributed by atoms with Crippen molar-refractivity contribution in [2.45, 2.75) is 44.9 Å². The Morgan fingerprint density at radius 3 is 2.47 bits per heavy atom. The van der Waals surface area contributed by atoms with Crippen molar-refractivity contribution in [2.75, 3.05) is 19.6 Å². The number of imide groups is 2. The summed E-state index contributed by atoms with van der Waals surface area (Å²) in [4.78, 5) is 52.2. The topological polar surface area (TPSA) is 133 Å². The van der Waals surface area contributed by atoms with Crippen LogP contribution in [0.1, 0.15) is 53.0 Å². The SMILES string of the molecule is CC(C)(CN)C1(O)CN(Cc2ccc3c(c2)C(=O)N(C2CCC(=O)NC2=O)C3=O)C1. The molecule has 160 valence electrons. The fourth-order valence-electron chi connectivity index (χ4n) is 4.30. The van der Waals surface area contributed by atoms with Crippen LogP contribution in [0.2, 0.25) is 0 Å². The van der Waals surface area contributed by atoms with Gasteiger partial charge >= 0.3 is 0 Å². The van der Waals surface area contributed by atoms with Gasteiger partial charge in [0.25, 0.3) is 11.8 Å². The molecule has 0 bridgehead atoms. The van der Waals surface area contributed by atoms with Crippen LogP contribution in [0.3, 0.4) is 0 Å². The molecule has 3 aliphatic rings. The Morgan fingerprint density at radius 2 is 1.83 bits per heavy atom. The molecule has 2 fully saturated rings. The number of nitrogens with zero attached hydrogens (tertiary/aromatic N) is 2. The van der Waals surface area contributed by atoms with E-state index in [4.69, 9.17) is 5.73 Å². The Hall–Kier alpha value is -2.62. The minimum absolute atomic E-state index is 0.0894. The molecule has 0 radical (unpaired) electrons. The Kier molecular flexibility index (Phi) is 4.80. The van der Waals surface area contributed by atoms with Gasteiger partial charge in [-0.25, -0.2) is 0 Å². The summed E-state index contributed by atoms with van der Waals surface area (Å²) in [5.41, 5.74) is 5.90. The number of likely N-dealkylation sites (tertiary alicyclic amines) is 1. The number of nitrogens with one attached hydrogen (secondary N) is 1. The van der Waals surface area contributed by atoms with Crippen molar-refractivity contribution < 1.29 is 24.3 Å². The third kappa shape index (κ3) is 3.13. The molecule has 9 heteroatoms. The highest BCUT2D eigenvalue weighted by molar-refractivity contribution is 6.23. The monoisotopic (exact) mass is 414 g/mol. The fourth-order valence-corrected chi connectivity index (χ4v) is 4.30. The number of fused-ring (bicyclic) bond motifs is 1. The molecule has 4 N–H and O–H groups in total. The first-order valence-corrected chi connectivity index (χ1v) is 10.1. The van der Waals surface area contributed by atoms with Gasteiger partial charge in [-0.15, -0.1) is 0 Å². The molecule has 3 aliphatic heterocycles. The lowest BCUT2D eigenvalue weighted by molar-refractivity contribution is -0.168. The van der Waals surface area contributed by atoms with E-state index in [1.807, 2.05) is 13.8 Å². The molecule has 1 unspecified atom stereocenters. The number of benzene rings is 1. The molecule has 3 heterocycles. The number of carbonyl (C=O) groups is 4. The number of aliphatic hydroxyl groups is 1. The molecule has 0 aliphatic carbocycles. The Bertz CT molecular complexity index is 951. The van der Waals surface area contributed by atoms with E-state index in [-0.39, 0.29) is 24.0 Å². The van der Waals surface area contributed by atoms with Crippen LogP contribution in [0.15, 0.2) is 18.2 Å². The molecule has 0 spiro atoms. The molecule has 9 nitrogen and oxygen atoms in total. The summed E-state index contributed by atoms with van der Waals surface area (Å²) in [5.74, 6) is -2.05. The highest BCUT2D eigenvalue weighted by Crippen LogP contribution is 2.38. The maximum Gasteiger partial charge on any atom is 0.262 e. The second-order valence-electron chi connectivity index (χ2n) is 9.09. The van der Waals surface area contributed by atoms with Crippen LogP contribution in [0.4, 0.5) is 0 Å². The smallest absolute Gasteiger partial charge is 0.262 e. The number of amides is 4. The van der Waals surface area contributed by atoms with Crippen LogP contribution in [0, 0.1) is 5.41 Å². The van der Waals surface area contributed by atoms with Crippen LogP contribution < -0.4 is 11.1 Å². The van der Waals surface area contributed by atoms with Crippen molar-refractivity contribution >= 4 is 23.6 Å². The van der Waals surface area contributed by atoms with Gasteiger partial charge in [-0.1, -0.05) is 19.9 Å². The third-order valence-electron chi connectivity index (χ3n) is 6.65. The van der Waals surface area contributed by atoms with Crippen molar-refractivity contribution in [2.24, 2.45) is 11.1 Å². The van der Waals surface area contributed by atoms with Gasteiger partial charge in [0, 0.05) is 38.0 Å². The lowest BCUT2D eigenvalue weighted by Gasteiger charge is -2.54. The van der Waals surface area contributed by atoms with Gasteiger partial charge in [-0.05, 0) is 24.1 Å². The van der Waals surface area contributed by atoms with E-state index in [2.05, 4.69) is 10.2 Å². The number of carbonyl (C=O) groups excluding carboxylic acids is 4. The van der Waals surface area contributed by atoms with Gasteiger partial charge in [0.05, 0.1) is 16.7 Å². The fraction of sp³-hybridized carbons (Fsp3) is 0.524. The van der Waals surface area contributed by atoms with Gasteiger partial charge in [0.2, 0.25) is 11.8 Å². The van der Waals surface area contributed by atoms with Crippen LogP contribution >= 0.6 is 0 Å². The number of hydrogen-bond acceptors (Lipinski definition) is 7. The summed E-state index contributed by atoms with van der Waals surface area (Å²) in [6.45, 7) is 5.73. The van der Waals surface area contributed by atoms with Crippen molar-refractivity contribution in [3.05, 3.63) is 34.9 Å². The molecule has 1 aromatic carbocycles. The first-order chi connectivity index (χ1) is 14.1. The van der Waals surface area contributed by atoms with E-state index >= 15 is 0 Å². The van der Waals surface area contributed by atoms with Crippen LogP contribution in [-0.4, -0.2) is 69.8 Å². The molecule has 0 saturated carbocycles. The van der Waals surface area contributed by atoms with E-state index in [0.29, 0.717) is 26.2 Å². The van der Waals surface area contributed by atoms with E-state index in [9.17, 15) is 24.3 Å². The van der Waals surface area contributed by atoms with E-state index < -0.39 is 40.7 Å². The number of nitrogens with two attached hydrogens (primary N) is 1. The van der Waals surface area contributed by atoms with Crippen molar-refractivity contribution in [3.63, 3.8) is 0 Å². The summed E-state index contributed by atoms with van der Waals surface area (Å²) in [6, 6.07) is 4.09. The highest BCUT2D eigenvalue weighted by Gasteiger charge is 2.51. The largest absolute Gasteiger partial charge is 0.387 e. The lowest BCUT2D eigenvalue weighted by Crippen LogP contribution is -2.69. The van der Waals surface area contributed by atoms with Crippen LogP contribution in [0.5, 0.6) is 0 Å². The molecule has 0 aromatic heterocycles. The van der Waals surface area contributed by atoms with E-state index in [1.165, 1.54) is 0 Å². The summed E-state index contributed by atoms with van der Waals surface area (Å²) >= 11 is 0. The van der Waals surface area contributed by atoms with Gasteiger partial charge in [0.15, 0.2) is 0 Å². The zero-order valence-corrected chi connectivity index (χ0v) is 17.1. The average molecular weight is 414 g/mol. The Morgan fingerprint density at radius 1 is 1.17 bits per heavy atom. The molecule has 30 heavy (non-hydrogen) atoms. The Balaban J connectivity index is 1.48. The van der Waals surface area contributed by atoms with Crippen molar-refractivity contribution in [3.8, 4) is 0 Å². The second kappa shape index (κ2) is 6.97. The molecule has 4 amide bonds. The third-order valence-corrected chi connectivity index (χ3v) is 6.65. The maximum absolute atomic E-state index is 12.9. The quantitative estimate of drug-likeness (QED) is 0.559. The van der Waals surface area contributed by atoms with Crippen molar-refractivity contribution in [1.82, 2.24) is 15.1 Å². The molecular formula is C21H26N4O5. The van der Waals surface area contributed by atoms with Crippen LogP contribution in [-0.2, 0) is 16.1 Å². The zero-order valence-electron chi connectivity index (χ0n) is 17.1. The minimum Gasteiger partial charge on any atom is -0.387 e. The number of β-amino-alcohol motifs (C(OH)–C–C–N with tert-alkyl or cyclic N) is 1. The second-order valence-corrected chi connectivity index (χ2v) is 9.09. The number of piperidine rings is 1. The zero-order chi connectivity index (χ0) is 21.8. The summed E-state index contributed by atoms with van der Waals surface area (Å²) in [7, 11) is 0. The molecule has 1 atom stereocenters. The highest BCUT2D eigenvalue weighted by atomic mass is 16.3. The lowest BCUT2D eigenvalue weighted by atomic mass is 9.70. The average Bonchev–Trinajstić information content (AvgIpc) is 2.91. The standard InChI is InChI=1S/C21H26N4O5/c1-20(2,9-22)21(30)10-24(11-21)8-12-3-4-13-14(7-12)19(29)25(18(13)28)15-5-6-16(26)23-17(15)27/h3-4,7,15,30H,5-6,8-11,22H2,1-2H3,(H,23,26,27). The van der Waals surface area contributed by atoms with E-state index in [1.54, 1.807) is 18.2 Å². The minimum atomic E-state index is -0.970. The van der Waals surface area contributed by atoms with Crippen molar-refractivity contribution in [1.29, 1.82) is 0 Å². The molecular weight excluding hydrogens is 388 g/mol. The molecule has 1 aromatic rings. The predicted octanol–water partition coefficient (Wildman–Crippen LogP) is -0.381. The predicted molar refractivity (Wildman–Crippen MR) is 106 cm³/mol. The number of rotatable bonds is 5. The van der Waals surface area contributed by atoms with Gasteiger partial charge in [-0.3, -0.25) is 34.3 Å². The number of hydrogen-bond donors (Lipinski definition) is 3. The summed E-state index contributed by atoms with van der Waals surface area (Å²) in [6.07, 6.45) is 0.221. The van der Waals surface area contributed by atoms with Gasteiger partial charge in [-0.2, -0.15) is 0 Å². The van der Waals surface area contributed by atoms with Crippen LogP contribution in [0.25, 0.3) is 0 Å². The Labute approximate surface area is 174 Å². The first kappa shape index (κ1) is 20.6.